The molecule has 1 aromatic rings. The van der Waals surface area contributed by atoms with Crippen LogP contribution in [0.4, 0.5) is 0 Å². The molecule has 0 aliphatic heterocycles. The predicted octanol–water partition coefficient (Wildman–Crippen LogP) is -1.89. The number of hydrogen-bond donors (Lipinski definition) is 8. The molecule has 1 rings (SSSR count). The van der Waals surface area contributed by atoms with Crippen molar-refractivity contribution in [3.05, 3.63) is 18.2 Å². The molecular formula is C21H34N6O8. The molecule has 0 aliphatic rings. The van der Waals surface area contributed by atoms with Gasteiger partial charge in [0, 0.05) is 24.7 Å². The second-order valence-corrected chi connectivity index (χ2v) is 8.31. The second-order valence-electron chi connectivity index (χ2n) is 8.31. The largest absolute Gasteiger partial charge is 0.481 e. The SMILES string of the molecule is CCC(C)C(N)C(=O)NC(Cc1cnc[nH]1)C(=O)NC(C(=O)NC(CCC(=O)O)C(=O)O)C(C)O. The number of imidazole rings is 1. The van der Waals surface area contributed by atoms with E-state index in [0.29, 0.717) is 12.1 Å². The highest BCUT2D eigenvalue weighted by atomic mass is 16.4. The fourth-order valence-electron chi connectivity index (χ4n) is 3.05. The van der Waals surface area contributed by atoms with Crippen LogP contribution < -0.4 is 21.7 Å². The zero-order valence-electron chi connectivity index (χ0n) is 19.9. The molecule has 9 N–H and O–H groups in total. The van der Waals surface area contributed by atoms with Crippen LogP contribution in [0.25, 0.3) is 0 Å². The zero-order valence-corrected chi connectivity index (χ0v) is 19.9. The van der Waals surface area contributed by atoms with Crippen molar-refractivity contribution in [3.8, 4) is 0 Å². The summed E-state index contributed by atoms with van der Waals surface area (Å²) in [5, 5.41) is 35.1. The number of carboxylic acid groups (broad SMARTS) is 2. The van der Waals surface area contributed by atoms with Gasteiger partial charge in [0.2, 0.25) is 17.7 Å². The zero-order chi connectivity index (χ0) is 26.7. The Hall–Kier alpha value is -3.52. The normalized spacial score (nSPS) is 16.1. The van der Waals surface area contributed by atoms with Gasteiger partial charge in [0.15, 0.2) is 0 Å². The number of aromatic amines is 1. The molecule has 0 bridgehead atoms. The monoisotopic (exact) mass is 498 g/mol. The van der Waals surface area contributed by atoms with Gasteiger partial charge in [0.1, 0.15) is 18.1 Å². The van der Waals surface area contributed by atoms with Crippen LogP contribution in [-0.2, 0) is 30.4 Å². The molecule has 0 aromatic carbocycles. The predicted molar refractivity (Wildman–Crippen MR) is 122 cm³/mol. The van der Waals surface area contributed by atoms with Crippen LogP contribution in [0, 0.1) is 5.92 Å². The van der Waals surface area contributed by atoms with Crippen molar-refractivity contribution < 1.29 is 39.3 Å². The van der Waals surface area contributed by atoms with Crippen molar-refractivity contribution in [2.75, 3.05) is 0 Å². The summed E-state index contributed by atoms with van der Waals surface area (Å²) in [5.41, 5.74) is 6.46. The number of amides is 3. The van der Waals surface area contributed by atoms with Crippen LogP contribution >= 0.6 is 0 Å². The van der Waals surface area contributed by atoms with Crippen molar-refractivity contribution in [3.63, 3.8) is 0 Å². The number of carboxylic acids is 2. The first kappa shape index (κ1) is 29.5. The lowest BCUT2D eigenvalue weighted by Crippen LogP contribution is -2.60. The lowest BCUT2D eigenvalue weighted by atomic mass is 9.98. The highest BCUT2D eigenvalue weighted by Gasteiger charge is 2.33. The molecule has 14 nitrogen and oxygen atoms in total. The number of rotatable bonds is 15. The van der Waals surface area contributed by atoms with Crippen molar-refractivity contribution in [1.29, 1.82) is 0 Å². The number of nitrogens with two attached hydrogens (primary N) is 1. The van der Waals surface area contributed by atoms with Crippen molar-refractivity contribution >= 4 is 29.7 Å². The molecule has 0 saturated carbocycles. The molecule has 0 spiro atoms. The smallest absolute Gasteiger partial charge is 0.326 e. The molecule has 0 saturated heterocycles. The van der Waals surface area contributed by atoms with E-state index in [4.69, 9.17) is 10.8 Å². The molecule has 1 heterocycles. The summed E-state index contributed by atoms with van der Waals surface area (Å²) in [6, 6.07) is -5.22. The number of carbonyl (C=O) groups excluding carboxylic acids is 3. The first-order valence-corrected chi connectivity index (χ1v) is 11.1. The summed E-state index contributed by atoms with van der Waals surface area (Å²) in [7, 11) is 0. The van der Waals surface area contributed by atoms with E-state index in [-0.39, 0.29) is 12.3 Å². The summed E-state index contributed by atoms with van der Waals surface area (Å²) in [4.78, 5) is 67.1. The van der Waals surface area contributed by atoms with Gasteiger partial charge in [-0.05, 0) is 19.3 Å². The number of aliphatic hydroxyl groups is 1. The van der Waals surface area contributed by atoms with Crippen LogP contribution in [0.1, 0.15) is 45.7 Å². The number of nitrogens with zero attached hydrogens (tertiary/aromatic N) is 1. The van der Waals surface area contributed by atoms with E-state index < -0.39 is 72.8 Å². The third kappa shape index (κ3) is 9.70. The van der Waals surface area contributed by atoms with Crippen molar-refractivity contribution in [2.45, 2.75) is 76.7 Å². The van der Waals surface area contributed by atoms with E-state index in [1.807, 2.05) is 6.92 Å². The Morgan fingerprint density at radius 1 is 1.03 bits per heavy atom. The van der Waals surface area contributed by atoms with Gasteiger partial charge in [-0.15, -0.1) is 0 Å². The minimum atomic E-state index is -1.58. The fourth-order valence-corrected chi connectivity index (χ4v) is 3.05. The second kappa shape index (κ2) is 14.0. The van der Waals surface area contributed by atoms with E-state index in [0.717, 1.165) is 0 Å². The van der Waals surface area contributed by atoms with Crippen LogP contribution in [-0.4, -0.2) is 85.2 Å². The summed E-state index contributed by atoms with van der Waals surface area (Å²) < 4.78 is 0. The third-order valence-electron chi connectivity index (χ3n) is 5.50. The molecule has 6 atom stereocenters. The van der Waals surface area contributed by atoms with Crippen molar-refractivity contribution in [2.24, 2.45) is 11.7 Å². The van der Waals surface area contributed by atoms with Gasteiger partial charge in [0.05, 0.1) is 18.5 Å². The Morgan fingerprint density at radius 3 is 2.14 bits per heavy atom. The van der Waals surface area contributed by atoms with E-state index in [2.05, 4.69) is 25.9 Å². The number of H-pyrrole nitrogens is 1. The Bertz CT molecular complexity index is 875. The number of aliphatic carboxylic acids is 2. The summed E-state index contributed by atoms with van der Waals surface area (Å²) in [5.74, 6) is -5.34. The van der Waals surface area contributed by atoms with E-state index in [9.17, 15) is 34.2 Å². The standard InChI is InChI=1S/C21H34N6O8/c1-4-10(2)16(22)19(32)26-14(7-12-8-23-9-24-12)18(31)27-17(11(3)28)20(33)25-13(21(34)35)5-6-15(29)30/h8-11,13-14,16-17,28H,4-7,22H2,1-3H3,(H,23,24)(H,25,33)(H,26,32)(H,27,31)(H,29,30)(H,34,35). The van der Waals surface area contributed by atoms with E-state index >= 15 is 0 Å². The van der Waals surface area contributed by atoms with Gasteiger partial charge >= 0.3 is 11.9 Å². The van der Waals surface area contributed by atoms with Gasteiger partial charge in [-0.25, -0.2) is 9.78 Å². The molecular weight excluding hydrogens is 464 g/mol. The van der Waals surface area contributed by atoms with Gasteiger partial charge in [-0.3, -0.25) is 19.2 Å². The van der Waals surface area contributed by atoms with E-state index in [1.165, 1.54) is 19.4 Å². The summed E-state index contributed by atoms with van der Waals surface area (Å²) in [6.07, 6.45) is 1.06. The van der Waals surface area contributed by atoms with Gasteiger partial charge < -0.3 is 42.0 Å². The fraction of sp³-hybridized carbons (Fsp3) is 0.619. The number of hydrogen-bond acceptors (Lipinski definition) is 8. The first-order chi connectivity index (χ1) is 16.4. The highest BCUT2D eigenvalue weighted by molar-refractivity contribution is 5.94. The number of aromatic nitrogens is 2. The number of nitrogens with one attached hydrogen (secondary N) is 4. The summed E-state index contributed by atoms with van der Waals surface area (Å²) >= 11 is 0. The topological polar surface area (TPSA) is 237 Å². The molecule has 35 heavy (non-hydrogen) atoms. The van der Waals surface area contributed by atoms with Gasteiger partial charge in [-0.2, -0.15) is 0 Å². The molecule has 196 valence electrons. The molecule has 3 amide bonds. The average Bonchev–Trinajstić information content (AvgIpc) is 3.30. The molecule has 0 radical (unpaired) electrons. The molecule has 14 heteroatoms. The van der Waals surface area contributed by atoms with Crippen LogP contribution in [0.3, 0.4) is 0 Å². The number of carbonyl (C=O) groups is 5. The van der Waals surface area contributed by atoms with Gasteiger partial charge in [0.25, 0.3) is 0 Å². The van der Waals surface area contributed by atoms with Crippen LogP contribution in [0.15, 0.2) is 12.5 Å². The number of aliphatic hydroxyl groups excluding tert-OH is 1. The van der Waals surface area contributed by atoms with Crippen molar-refractivity contribution in [1.82, 2.24) is 25.9 Å². The highest BCUT2D eigenvalue weighted by Crippen LogP contribution is 2.08. The molecule has 6 unspecified atom stereocenters. The Labute approximate surface area is 202 Å². The quantitative estimate of drug-likeness (QED) is 0.134. The Kier molecular flexibility index (Phi) is 11.8. The molecule has 1 aromatic heterocycles. The maximum Gasteiger partial charge on any atom is 0.326 e. The minimum Gasteiger partial charge on any atom is -0.481 e. The van der Waals surface area contributed by atoms with Crippen LogP contribution in [0.5, 0.6) is 0 Å². The maximum absolute atomic E-state index is 13.0. The molecule has 0 fully saturated rings. The third-order valence-corrected chi connectivity index (χ3v) is 5.50. The van der Waals surface area contributed by atoms with Gasteiger partial charge in [-0.1, -0.05) is 20.3 Å². The lowest BCUT2D eigenvalue weighted by molar-refractivity contribution is -0.144. The Balaban J connectivity index is 3.02. The maximum atomic E-state index is 13.0. The first-order valence-electron chi connectivity index (χ1n) is 11.1. The summed E-state index contributed by atoms with van der Waals surface area (Å²) in [6.45, 7) is 4.85. The van der Waals surface area contributed by atoms with E-state index in [1.54, 1.807) is 6.92 Å². The lowest BCUT2D eigenvalue weighted by Gasteiger charge is -2.27. The average molecular weight is 499 g/mol. The Morgan fingerprint density at radius 2 is 1.66 bits per heavy atom. The minimum absolute atomic E-state index is 0.0324. The van der Waals surface area contributed by atoms with Crippen LogP contribution in [0.2, 0.25) is 0 Å². The molecule has 0 aliphatic carbocycles.